The van der Waals surface area contributed by atoms with Crippen LogP contribution in [0.25, 0.3) is 16.6 Å². The molecule has 0 spiro atoms. The van der Waals surface area contributed by atoms with Crippen molar-refractivity contribution in [1.29, 1.82) is 0 Å². The predicted octanol–water partition coefficient (Wildman–Crippen LogP) is 4.88. The number of nitrogens with zero attached hydrogens (tertiary/aromatic N) is 2. The van der Waals surface area contributed by atoms with Gasteiger partial charge in [0, 0.05) is 16.8 Å². The largest absolute Gasteiger partial charge is 0.481 e. The van der Waals surface area contributed by atoms with Gasteiger partial charge in [-0.1, -0.05) is 43.3 Å². The molecule has 0 unspecified atom stereocenters. The van der Waals surface area contributed by atoms with Crippen molar-refractivity contribution >= 4 is 22.5 Å². The number of carboxylic acids is 1. The van der Waals surface area contributed by atoms with Gasteiger partial charge < -0.3 is 5.11 Å². The van der Waals surface area contributed by atoms with E-state index >= 15 is 0 Å². The minimum Gasteiger partial charge on any atom is -0.481 e. The zero-order valence-electron chi connectivity index (χ0n) is 16.5. The summed E-state index contributed by atoms with van der Waals surface area (Å²) < 4.78 is 2.26. The van der Waals surface area contributed by atoms with Crippen LogP contribution in [0.2, 0.25) is 0 Å². The van der Waals surface area contributed by atoms with E-state index in [1.807, 2.05) is 24.3 Å². The Kier molecular flexibility index (Phi) is 4.63. The lowest BCUT2D eigenvalue weighted by Crippen LogP contribution is -2.03. The van der Waals surface area contributed by atoms with E-state index in [0.717, 1.165) is 29.7 Å². The zero-order chi connectivity index (χ0) is 19.8. The van der Waals surface area contributed by atoms with Gasteiger partial charge in [0.15, 0.2) is 0 Å². The minimum atomic E-state index is -0.803. The summed E-state index contributed by atoms with van der Waals surface area (Å²) in [6.07, 6.45) is 1.84. The lowest BCUT2D eigenvalue weighted by molar-refractivity contribution is -0.136. The molecule has 4 rings (SSSR count). The van der Waals surface area contributed by atoms with Gasteiger partial charge >= 0.3 is 5.97 Å². The molecule has 0 aliphatic carbocycles. The van der Waals surface area contributed by atoms with Crippen molar-refractivity contribution in [3.05, 3.63) is 82.2 Å². The first-order valence-corrected chi connectivity index (χ1v) is 9.66. The van der Waals surface area contributed by atoms with E-state index in [1.165, 1.54) is 33.3 Å². The molecule has 4 nitrogen and oxygen atoms in total. The number of hydrogen-bond acceptors (Lipinski definition) is 2. The van der Waals surface area contributed by atoms with E-state index < -0.39 is 5.97 Å². The molecule has 0 amide bonds. The van der Waals surface area contributed by atoms with Crippen LogP contribution in [0.3, 0.4) is 0 Å². The fourth-order valence-corrected chi connectivity index (χ4v) is 4.18. The second-order valence-electron chi connectivity index (χ2n) is 7.37. The van der Waals surface area contributed by atoms with Gasteiger partial charge in [0.25, 0.3) is 0 Å². The summed E-state index contributed by atoms with van der Waals surface area (Å²) in [5.41, 5.74) is 9.11. The molecule has 4 aromatic rings. The van der Waals surface area contributed by atoms with Crippen LogP contribution in [0.5, 0.6) is 0 Å². The lowest BCUT2D eigenvalue weighted by Gasteiger charge is -2.11. The van der Waals surface area contributed by atoms with E-state index in [9.17, 15) is 4.79 Å². The Morgan fingerprint density at radius 3 is 2.46 bits per heavy atom. The first-order valence-electron chi connectivity index (χ1n) is 9.66. The molecule has 0 saturated heterocycles. The molecule has 0 atom stereocenters. The summed E-state index contributed by atoms with van der Waals surface area (Å²) in [6, 6.07) is 16.5. The molecule has 2 heterocycles. The highest BCUT2D eigenvalue weighted by Crippen LogP contribution is 2.28. The van der Waals surface area contributed by atoms with Crippen molar-refractivity contribution in [2.75, 3.05) is 0 Å². The first kappa shape index (κ1) is 18.2. The average molecular weight is 372 g/mol. The van der Waals surface area contributed by atoms with Crippen molar-refractivity contribution in [3.63, 3.8) is 0 Å². The molecule has 28 heavy (non-hydrogen) atoms. The molecule has 1 N–H and O–H groups in total. The Morgan fingerprint density at radius 1 is 1.07 bits per heavy atom. The number of hydrogen-bond donors (Lipinski definition) is 1. The second kappa shape index (κ2) is 7.12. The number of aryl methyl sites for hydroxylation is 2. The van der Waals surface area contributed by atoms with Crippen LogP contribution in [0, 0.1) is 13.8 Å². The highest BCUT2D eigenvalue weighted by Gasteiger charge is 2.13. The lowest BCUT2D eigenvalue weighted by atomic mass is 10.00. The molecule has 0 aliphatic rings. The van der Waals surface area contributed by atoms with Crippen LogP contribution in [0.15, 0.2) is 48.5 Å². The van der Waals surface area contributed by atoms with Gasteiger partial charge in [-0.3, -0.25) is 9.20 Å². The van der Waals surface area contributed by atoms with Crippen LogP contribution in [-0.2, 0) is 24.1 Å². The third kappa shape index (κ3) is 3.15. The Morgan fingerprint density at radius 2 is 1.79 bits per heavy atom. The summed E-state index contributed by atoms with van der Waals surface area (Å²) in [6.45, 7) is 6.44. The fraction of sp³-hybridized carbons (Fsp3) is 0.250. The van der Waals surface area contributed by atoms with Crippen molar-refractivity contribution in [2.24, 2.45) is 0 Å². The number of fused-ring (bicyclic) bond motifs is 3. The highest BCUT2D eigenvalue weighted by atomic mass is 16.4. The van der Waals surface area contributed by atoms with Gasteiger partial charge in [0.05, 0.1) is 11.9 Å². The highest BCUT2D eigenvalue weighted by molar-refractivity contribution is 5.89. The van der Waals surface area contributed by atoms with Crippen molar-refractivity contribution in [3.8, 4) is 0 Å². The van der Waals surface area contributed by atoms with Crippen LogP contribution in [0.4, 0.5) is 0 Å². The number of benzene rings is 2. The quantitative estimate of drug-likeness (QED) is 0.543. The monoisotopic (exact) mass is 372 g/mol. The minimum absolute atomic E-state index is 0.0603. The number of aliphatic carboxylic acids is 1. The molecule has 4 heteroatoms. The molecule has 2 aromatic heterocycles. The Labute approximate surface area is 164 Å². The number of rotatable bonds is 5. The first-order chi connectivity index (χ1) is 13.5. The SMILES string of the molecule is CCc1c(C)nc2cc3c(Cc4ccc(CC(=O)O)cc4)cccc3n2c1C. The molecular weight excluding hydrogens is 348 g/mol. The smallest absolute Gasteiger partial charge is 0.307 e. The van der Waals surface area contributed by atoms with Crippen molar-refractivity contribution in [1.82, 2.24) is 9.38 Å². The number of carbonyl (C=O) groups is 1. The molecule has 0 bridgehead atoms. The molecule has 0 radical (unpaired) electrons. The van der Waals surface area contributed by atoms with Gasteiger partial charge in [-0.2, -0.15) is 0 Å². The Balaban J connectivity index is 1.78. The summed E-state index contributed by atoms with van der Waals surface area (Å²) >= 11 is 0. The number of aromatic nitrogens is 2. The van der Waals surface area contributed by atoms with Gasteiger partial charge in [-0.05, 0) is 61.1 Å². The number of carboxylic acid groups (broad SMARTS) is 1. The average Bonchev–Trinajstić information content (AvgIpc) is 3.02. The van der Waals surface area contributed by atoms with E-state index in [1.54, 1.807) is 0 Å². The van der Waals surface area contributed by atoms with E-state index in [4.69, 9.17) is 10.1 Å². The van der Waals surface area contributed by atoms with Crippen LogP contribution >= 0.6 is 0 Å². The molecule has 142 valence electrons. The third-order valence-corrected chi connectivity index (χ3v) is 5.53. The molecular formula is C24H24N2O2. The van der Waals surface area contributed by atoms with Gasteiger partial charge in [0.2, 0.25) is 0 Å². The molecule has 0 fully saturated rings. The second-order valence-corrected chi connectivity index (χ2v) is 7.37. The Hall–Kier alpha value is -3.14. The summed E-state index contributed by atoms with van der Waals surface area (Å²) in [5.74, 6) is -0.803. The van der Waals surface area contributed by atoms with Crippen molar-refractivity contribution in [2.45, 2.75) is 40.0 Å². The maximum Gasteiger partial charge on any atom is 0.307 e. The third-order valence-electron chi connectivity index (χ3n) is 5.53. The van der Waals surface area contributed by atoms with Gasteiger partial charge in [-0.25, -0.2) is 4.98 Å². The standard InChI is InChI=1S/C24H24N2O2/c1-4-20-15(2)25-23-14-21-19(6-5-7-22(21)26(23)16(20)3)12-17-8-10-18(11-9-17)13-24(27)28/h5-11,14H,4,12-13H2,1-3H3,(H,27,28). The molecule has 0 saturated carbocycles. The van der Waals surface area contributed by atoms with Crippen LogP contribution in [-0.4, -0.2) is 20.5 Å². The van der Waals surface area contributed by atoms with E-state index in [0.29, 0.717) is 0 Å². The molecule has 2 aromatic carbocycles. The summed E-state index contributed by atoms with van der Waals surface area (Å²) in [4.78, 5) is 15.7. The zero-order valence-corrected chi connectivity index (χ0v) is 16.5. The molecule has 0 aliphatic heterocycles. The van der Waals surface area contributed by atoms with Crippen LogP contribution < -0.4 is 0 Å². The maximum absolute atomic E-state index is 10.9. The van der Waals surface area contributed by atoms with Gasteiger partial charge in [0.1, 0.15) is 5.65 Å². The summed E-state index contributed by atoms with van der Waals surface area (Å²) in [7, 11) is 0. The van der Waals surface area contributed by atoms with E-state index in [2.05, 4.69) is 49.4 Å². The van der Waals surface area contributed by atoms with Crippen molar-refractivity contribution < 1.29 is 9.90 Å². The predicted molar refractivity (Wildman–Crippen MR) is 112 cm³/mol. The maximum atomic E-state index is 10.9. The van der Waals surface area contributed by atoms with E-state index in [-0.39, 0.29) is 6.42 Å². The van der Waals surface area contributed by atoms with Gasteiger partial charge in [-0.15, -0.1) is 0 Å². The normalized spacial score (nSPS) is 11.4. The Bertz CT molecular complexity index is 1190. The van der Waals surface area contributed by atoms with Crippen LogP contribution in [0.1, 0.15) is 40.6 Å². The summed E-state index contributed by atoms with van der Waals surface area (Å²) in [5, 5.41) is 10.2. The fourth-order valence-electron chi connectivity index (χ4n) is 4.18. The topological polar surface area (TPSA) is 54.6 Å².